The maximum Gasteiger partial charge on any atom is 0.408 e. The van der Waals surface area contributed by atoms with Gasteiger partial charge in [-0.25, -0.2) is 32.0 Å². The summed E-state index contributed by atoms with van der Waals surface area (Å²) in [6, 6.07) is 4.74. The fourth-order valence-electron chi connectivity index (χ4n) is 7.04. The van der Waals surface area contributed by atoms with E-state index in [1.54, 1.807) is 45.9 Å². The van der Waals surface area contributed by atoms with Gasteiger partial charge in [0, 0.05) is 19.3 Å². The highest BCUT2D eigenvalue weighted by Gasteiger charge is 2.65. The number of ether oxygens (including phenoxy) is 2. The minimum atomic E-state index is -4.07. The first-order valence-corrected chi connectivity index (χ1v) is 19.4. The van der Waals surface area contributed by atoms with Crippen molar-refractivity contribution in [2.75, 3.05) is 6.54 Å². The molecule has 0 bridgehead atoms. The Kier molecular flexibility index (Phi) is 10.1. The minimum absolute atomic E-state index is 0.0798. The molecule has 4 aliphatic rings. The van der Waals surface area contributed by atoms with Crippen molar-refractivity contribution in [2.45, 2.75) is 132 Å². The zero-order valence-corrected chi connectivity index (χ0v) is 30.6. The minimum Gasteiger partial charge on any atom is -0.471 e. The molecule has 4 amide bonds. The lowest BCUT2D eigenvalue weighted by atomic mass is 10.00. The molecule has 6 rings (SSSR count). The van der Waals surface area contributed by atoms with Gasteiger partial charge in [0.1, 0.15) is 35.0 Å². The molecule has 2 saturated heterocycles. The maximum atomic E-state index is 15.3. The number of rotatable bonds is 6. The number of aryl methyl sites for hydroxylation is 1. The first kappa shape index (κ1) is 37.6. The zero-order chi connectivity index (χ0) is 37.6. The average Bonchev–Trinajstić information content (AvgIpc) is 3.96. The van der Waals surface area contributed by atoms with Crippen molar-refractivity contribution in [2.24, 2.45) is 5.92 Å². The number of hydrogen-bond acceptors (Lipinski definition) is 10. The number of halogens is 2. The number of para-hydroxylation sites is 2. The summed E-state index contributed by atoms with van der Waals surface area (Å²) in [6.07, 6.45) is -1.62. The van der Waals surface area contributed by atoms with Gasteiger partial charge in [0.15, 0.2) is 0 Å². The van der Waals surface area contributed by atoms with E-state index >= 15 is 8.78 Å². The molecule has 14 nitrogen and oxygen atoms in total. The fourth-order valence-corrected chi connectivity index (χ4v) is 8.41. The van der Waals surface area contributed by atoms with Gasteiger partial charge >= 0.3 is 6.09 Å². The van der Waals surface area contributed by atoms with E-state index in [0.717, 1.165) is 0 Å². The van der Waals surface area contributed by atoms with E-state index in [-0.39, 0.29) is 38.1 Å². The van der Waals surface area contributed by atoms with Crippen molar-refractivity contribution in [3.05, 3.63) is 30.0 Å². The van der Waals surface area contributed by atoms with E-state index in [9.17, 15) is 27.6 Å². The normalized spacial score (nSPS) is 28.4. The van der Waals surface area contributed by atoms with Crippen molar-refractivity contribution in [1.82, 2.24) is 30.2 Å². The summed E-state index contributed by atoms with van der Waals surface area (Å²) in [5.41, 5.74) is -1.12. The summed E-state index contributed by atoms with van der Waals surface area (Å²) in [5, 5.41) is 4.47. The smallest absolute Gasteiger partial charge is 0.408 e. The number of aromatic nitrogens is 2. The highest BCUT2D eigenvalue weighted by Crippen LogP contribution is 2.51. The molecule has 2 aliphatic heterocycles. The molecule has 0 radical (unpaired) electrons. The van der Waals surface area contributed by atoms with Crippen LogP contribution in [0.25, 0.3) is 11.0 Å². The highest BCUT2D eigenvalue weighted by molar-refractivity contribution is 7.91. The first-order chi connectivity index (χ1) is 24.4. The third kappa shape index (κ3) is 8.55. The second-order valence-electron chi connectivity index (χ2n) is 15.5. The third-order valence-electron chi connectivity index (χ3n) is 9.95. The Morgan fingerprint density at radius 3 is 2.38 bits per heavy atom. The van der Waals surface area contributed by atoms with Crippen molar-refractivity contribution in [1.29, 1.82) is 0 Å². The van der Waals surface area contributed by atoms with Gasteiger partial charge < -0.3 is 25.0 Å². The molecular formula is C35H46F2N6O8S. The number of alkyl carbamates (subject to hydrolysis) is 1. The molecule has 1 aromatic carbocycles. The zero-order valence-electron chi connectivity index (χ0n) is 29.7. The van der Waals surface area contributed by atoms with E-state index in [2.05, 4.69) is 20.6 Å². The SMILES string of the molecule is Cc1nc2ccccc2nc1O[C@@H]1C[C@H]2C(=O)N[C@]3(C(=O)NS(=O)(=O)C4CC4)C[C@H]3CC(F)(F)CCCCC[C@H](NC(=O)OC(C)(C)C)C(=O)N2C1. The van der Waals surface area contributed by atoms with Crippen LogP contribution in [0, 0.1) is 12.8 Å². The van der Waals surface area contributed by atoms with E-state index in [1.165, 1.54) is 4.90 Å². The van der Waals surface area contributed by atoms with Crippen LogP contribution < -0.4 is 20.1 Å². The van der Waals surface area contributed by atoms with Gasteiger partial charge in [-0.1, -0.05) is 25.0 Å². The lowest BCUT2D eigenvalue weighted by molar-refractivity contribution is -0.141. The number of alkyl halides is 2. The second kappa shape index (κ2) is 14.0. The summed E-state index contributed by atoms with van der Waals surface area (Å²) in [5.74, 6) is -6.59. The van der Waals surface area contributed by atoms with Crippen molar-refractivity contribution in [3.63, 3.8) is 0 Å². The Bertz CT molecular complexity index is 1850. The maximum absolute atomic E-state index is 15.3. The quantitative estimate of drug-likeness (QED) is 0.394. The molecular weight excluding hydrogens is 702 g/mol. The number of benzene rings is 1. The molecule has 2 saturated carbocycles. The average molecular weight is 749 g/mol. The number of carbonyl (C=O) groups excluding carboxylic acids is 4. The van der Waals surface area contributed by atoms with Gasteiger partial charge in [-0.3, -0.25) is 19.1 Å². The van der Waals surface area contributed by atoms with Crippen LogP contribution in [0.5, 0.6) is 5.88 Å². The highest BCUT2D eigenvalue weighted by atomic mass is 32.2. The fraction of sp³-hybridized carbons (Fsp3) is 0.657. The summed E-state index contributed by atoms with van der Waals surface area (Å²) >= 11 is 0. The van der Waals surface area contributed by atoms with Crippen molar-refractivity contribution < 1.29 is 45.9 Å². The first-order valence-electron chi connectivity index (χ1n) is 17.8. The Morgan fingerprint density at radius 1 is 1.02 bits per heavy atom. The Labute approximate surface area is 301 Å². The lowest BCUT2D eigenvalue weighted by Gasteiger charge is -2.30. The topological polar surface area (TPSA) is 186 Å². The molecule has 17 heteroatoms. The monoisotopic (exact) mass is 748 g/mol. The van der Waals surface area contributed by atoms with Crippen LogP contribution in [-0.2, 0) is 29.1 Å². The molecule has 0 unspecified atom stereocenters. The third-order valence-corrected chi connectivity index (χ3v) is 11.8. The van der Waals surface area contributed by atoms with Gasteiger partial charge in [-0.2, -0.15) is 0 Å². The number of sulfonamides is 1. The molecule has 4 fully saturated rings. The molecule has 52 heavy (non-hydrogen) atoms. The molecule has 284 valence electrons. The van der Waals surface area contributed by atoms with E-state index < -0.39 is 93.1 Å². The van der Waals surface area contributed by atoms with Crippen molar-refractivity contribution in [3.8, 4) is 5.88 Å². The van der Waals surface area contributed by atoms with Crippen LogP contribution in [0.15, 0.2) is 24.3 Å². The number of amides is 4. The number of nitrogens with zero attached hydrogens (tertiary/aromatic N) is 3. The van der Waals surface area contributed by atoms with Gasteiger partial charge in [0.05, 0.1) is 22.8 Å². The molecule has 0 spiro atoms. The van der Waals surface area contributed by atoms with Crippen LogP contribution in [-0.4, -0.2) is 94.1 Å². The second-order valence-corrected chi connectivity index (χ2v) is 17.4. The molecule has 5 atom stereocenters. The van der Waals surface area contributed by atoms with Crippen LogP contribution in [0.2, 0.25) is 0 Å². The number of carbonyl (C=O) groups is 4. The standard InChI is InChI=1S/C35H46F2N6O8S/c1-20-29(39-25-11-8-7-10-24(25)38-20)50-22-16-27-28(44)41-35(31(46)42-52(48,49)23-13-14-23)18-21(35)17-34(36,37)15-9-5-6-12-26(30(45)43(27)19-22)40-32(47)51-33(2,3)4/h7-8,10-11,21-23,26-27H,5-6,9,12-19H2,1-4H3,(H,40,47)(H,41,44)(H,42,46)/t21-,22-,26+,27+,35-/m1/s1. The molecule has 3 heterocycles. The van der Waals surface area contributed by atoms with Gasteiger partial charge in [0.2, 0.25) is 33.6 Å². The van der Waals surface area contributed by atoms with Gasteiger partial charge in [-0.15, -0.1) is 0 Å². The van der Waals surface area contributed by atoms with Crippen LogP contribution in [0.3, 0.4) is 0 Å². The molecule has 3 N–H and O–H groups in total. The number of fused-ring (bicyclic) bond motifs is 3. The summed E-state index contributed by atoms with van der Waals surface area (Å²) in [6.45, 7) is 6.59. The van der Waals surface area contributed by atoms with Crippen LogP contribution in [0.4, 0.5) is 13.6 Å². The lowest BCUT2D eigenvalue weighted by Crippen LogP contribution is -2.58. The van der Waals surface area contributed by atoms with E-state index in [4.69, 9.17) is 9.47 Å². The van der Waals surface area contributed by atoms with Crippen molar-refractivity contribution >= 4 is 44.9 Å². The largest absolute Gasteiger partial charge is 0.471 e. The summed E-state index contributed by atoms with van der Waals surface area (Å²) < 4.78 is 69.8. The number of nitrogens with one attached hydrogen (secondary N) is 3. The van der Waals surface area contributed by atoms with Gasteiger partial charge in [0.25, 0.3) is 5.91 Å². The Hall–Kier alpha value is -4.15. The molecule has 2 aromatic rings. The van der Waals surface area contributed by atoms with Crippen LogP contribution in [0.1, 0.15) is 90.7 Å². The summed E-state index contributed by atoms with van der Waals surface area (Å²) in [7, 11) is -4.07. The van der Waals surface area contributed by atoms with E-state index in [1.807, 2.05) is 10.8 Å². The van der Waals surface area contributed by atoms with E-state index in [0.29, 0.717) is 42.4 Å². The van der Waals surface area contributed by atoms with Gasteiger partial charge in [-0.05, 0) is 77.8 Å². The Balaban J connectivity index is 1.32. The molecule has 2 aliphatic carbocycles. The number of hydrogen-bond donors (Lipinski definition) is 3. The summed E-state index contributed by atoms with van der Waals surface area (Å²) in [4.78, 5) is 65.5. The molecule has 1 aromatic heterocycles. The predicted octanol–water partition coefficient (Wildman–Crippen LogP) is 3.65. The Morgan fingerprint density at radius 2 is 1.71 bits per heavy atom. The predicted molar refractivity (Wildman–Crippen MR) is 184 cm³/mol. The van der Waals surface area contributed by atoms with Crippen LogP contribution >= 0.6 is 0 Å².